The van der Waals surface area contributed by atoms with Gasteiger partial charge in [-0.1, -0.05) is 30.5 Å². The summed E-state index contributed by atoms with van der Waals surface area (Å²) < 4.78 is 59.2. The Morgan fingerprint density at radius 3 is 2.70 bits per heavy atom. The zero-order valence-corrected chi connectivity index (χ0v) is 26.1. The number of carbonyl (C=O) groups is 1. The topological polar surface area (TPSA) is 202 Å². The predicted molar refractivity (Wildman–Crippen MR) is 161 cm³/mol. The van der Waals surface area contributed by atoms with E-state index in [0.717, 1.165) is 30.2 Å². The van der Waals surface area contributed by atoms with Crippen molar-refractivity contribution in [2.24, 2.45) is 0 Å². The van der Waals surface area contributed by atoms with Gasteiger partial charge in [-0.2, -0.15) is 15.1 Å². The molecule has 248 valence electrons. The Hall–Kier alpha value is -3.84. The summed E-state index contributed by atoms with van der Waals surface area (Å²) in [7, 11) is -4.60. The first kappa shape index (κ1) is 33.5. The highest BCUT2D eigenvalue weighted by Crippen LogP contribution is 2.51. The molecule has 1 saturated carbocycles. The van der Waals surface area contributed by atoms with Crippen LogP contribution in [0.4, 0.5) is 10.3 Å². The normalized spacial score (nSPS) is 27.0. The number of carbonyl (C=O) groups excluding carboxylic acids is 1. The van der Waals surface area contributed by atoms with Crippen molar-refractivity contribution in [2.75, 3.05) is 18.9 Å². The highest BCUT2D eigenvalue weighted by molar-refractivity contribution is 7.52. The van der Waals surface area contributed by atoms with Crippen LogP contribution in [-0.2, 0) is 23.4 Å². The fourth-order valence-corrected chi connectivity index (χ4v) is 6.78. The lowest BCUT2D eigenvalue weighted by atomic mass is 9.94. The van der Waals surface area contributed by atoms with Crippen LogP contribution in [0.5, 0.6) is 11.6 Å². The molecule has 17 heteroatoms. The first-order chi connectivity index (χ1) is 21.9. The summed E-state index contributed by atoms with van der Waals surface area (Å²) in [6, 6.07) is 6.61. The molecule has 15 nitrogen and oxygen atoms in total. The van der Waals surface area contributed by atoms with Gasteiger partial charge in [-0.25, -0.2) is 13.9 Å². The number of terminal acetylenes is 1. The van der Waals surface area contributed by atoms with Gasteiger partial charge in [0.05, 0.1) is 12.9 Å². The number of halogens is 1. The standard InChI is InChI=1S/C29H36FN6O9P/c1-4-28(39)25(38)29(30,44-26(28)36-17-32-21-22(36)33-27(31)34-23(21)41-5-2)16-42-46(40,45-20-14-10-7-11-15-20)35-18(3)24(37)43-19-12-8-6-9-13-19/h1,7,10-11,14-15,17-19,25-26,38-39H,5-6,8-9,12-13,16H2,2-3H3,(H,35,40)(H2,31,33,34)/t18?,25-,26?,28+,29+,46?/m0/s1. The summed E-state index contributed by atoms with van der Waals surface area (Å²) in [5, 5.41) is 24.8. The molecule has 2 aromatic heterocycles. The van der Waals surface area contributed by atoms with Gasteiger partial charge in [0.2, 0.25) is 17.4 Å². The Kier molecular flexibility index (Phi) is 9.83. The zero-order valence-electron chi connectivity index (χ0n) is 25.2. The van der Waals surface area contributed by atoms with E-state index < -0.39 is 50.2 Å². The van der Waals surface area contributed by atoms with E-state index >= 15 is 4.39 Å². The minimum atomic E-state index is -4.60. The molecule has 6 atom stereocenters. The third kappa shape index (κ3) is 6.80. The van der Waals surface area contributed by atoms with Crippen LogP contribution in [0.1, 0.15) is 52.2 Å². The van der Waals surface area contributed by atoms with Crippen molar-refractivity contribution in [1.29, 1.82) is 0 Å². The summed E-state index contributed by atoms with van der Waals surface area (Å²) >= 11 is 0. The molecule has 3 unspecified atom stereocenters. The summed E-state index contributed by atoms with van der Waals surface area (Å²) in [4.78, 5) is 25.1. The van der Waals surface area contributed by atoms with Crippen molar-refractivity contribution in [2.45, 2.75) is 81.9 Å². The molecule has 3 aromatic rings. The summed E-state index contributed by atoms with van der Waals surface area (Å²) in [5.41, 5.74) is 3.16. The fourth-order valence-electron chi connectivity index (χ4n) is 5.27. The van der Waals surface area contributed by atoms with Gasteiger partial charge >= 0.3 is 13.7 Å². The van der Waals surface area contributed by atoms with Gasteiger partial charge in [-0.3, -0.25) is 13.9 Å². The van der Waals surface area contributed by atoms with E-state index in [2.05, 4.69) is 20.0 Å². The van der Waals surface area contributed by atoms with Crippen LogP contribution in [0.15, 0.2) is 36.7 Å². The number of esters is 1. The largest absolute Gasteiger partial charge is 0.476 e. The van der Waals surface area contributed by atoms with Crippen molar-refractivity contribution >= 4 is 30.8 Å². The fraction of sp³-hybridized carbons (Fsp3) is 0.517. The third-order valence-electron chi connectivity index (χ3n) is 7.62. The molecule has 0 bridgehead atoms. The Bertz CT molecular complexity index is 1630. The Morgan fingerprint density at radius 1 is 1.30 bits per heavy atom. The first-order valence-corrected chi connectivity index (χ1v) is 16.3. The van der Waals surface area contributed by atoms with Crippen LogP contribution in [0.25, 0.3) is 11.2 Å². The second-order valence-corrected chi connectivity index (χ2v) is 12.7. The van der Waals surface area contributed by atoms with E-state index in [1.165, 1.54) is 19.1 Å². The van der Waals surface area contributed by atoms with Gasteiger partial charge in [-0.15, -0.1) is 6.42 Å². The molecular formula is C29H36FN6O9P. The van der Waals surface area contributed by atoms with Gasteiger partial charge < -0.3 is 34.7 Å². The molecule has 3 heterocycles. The number of anilines is 1. The van der Waals surface area contributed by atoms with Gasteiger partial charge in [-0.05, 0) is 51.7 Å². The molecule has 0 amide bonds. The quantitative estimate of drug-likeness (QED) is 0.125. The van der Waals surface area contributed by atoms with Crippen molar-refractivity contribution < 1.29 is 47.2 Å². The smallest absolute Gasteiger partial charge is 0.459 e. The second-order valence-electron chi connectivity index (χ2n) is 11.0. The lowest BCUT2D eigenvalue weighted by Crippen LogP contribution is -2.50. The number of para-hydroxylation sites is 1. The Morgan fingerprint density at radius 2 is 2.02 bits per heavy atom. The van der Waals surface area contributed by atoms with Crippen LogP contribution in [0, 0.1) is 12.3 Å². The number of nitrogens with one attached hydrogen (secondary N) is 1. The van der Waals surface area contributed by atoms with E-state index in [1.807, 2.05) is 5.92 Å². The molecule has 2 aliphatic rings. The number of rotatable bonds is 12. The van der Waals surface area contributed by atoms with Crippen molar-refractivity contribution in [3.8, 4) is 24.0 Å². The summed E-state index contributed by atoms with van der Waals surface area (Å²) in [6.45, 7) is 2.04. The van der Waals surface area contributed by atoms with Gasteiger partial charge in [0, 0.05) is 0 Å². The van der Waals surface area contributed by atoms with E-state index in [1.54, 1.807) is 25.1 Å². The second kappa shape index (κ2) is 13.5. The van der Waals surface area contributed by atoms with Crippen molar-refractivity contribution in [1.82, 2.24) is 24.6 Å². The maximum absolute atomic E-state index is 16.5. The monoisotopic (exact) mass is 662 g/mol. The number of ether oxygens (including phenoxy) is 3. The SMILES string of the molecule is C#C[C@]1(O)C(n2cnc3c(OCC)nc(N)nc32)O[C@](F)(COP(=O)(NC(C)C(=O)OC2CCCCC2)Oc2ccccc2)[C@H]1O. The molecule has 1 aliphatic carbocycles. The lowest BCUT2D eigenvalue weighted by molar-refractivity contribution is -0.202. The van der Waals surface area contributed by atoms with Crippen LogP contribution in [-0.4, -0.2) is 78.6 Å². The van der Waals surface area contributed by atoms with Gasteiger partial charge in [0.15, 0.2) is 23.5 Å². The number of aromatic nitrogens is 4. The van der Waals surface area contributed by atoms with Crippen LogP contribution < -0.4 is 20.1 Å². The summed E-state index contributed by atoms with van der Waals surface area (Å²) in [6.07, 6.45) is 6.47. The molecule has 2 fully saturated rings. The minimum Gasteiger partial charge on any atom is -0.476 e. The van der Waals surface area contributed by atoms with Gasteiger partial charge in [0.25, 0.3) is 5.85 Å². The molecule has 1 aliphatic heterocycles. The average molecular weight is 663 g/mol. The van der Waals surface area contributed by atoms with E-state index in [0.29, 0.717) is 12.8 Å². The first-order valence-electron chi connectivity index (χ1n) is 14.8. The number of imidazole rings is 1. The van der Waals surface area contributed by atoms with E-state index in [4.69, 9.17) is 35.4 Å². The van der Waals surface area contributed by atoms with Crippen LogP contribution in [0.3, 0.4) is 0 Å². The van der Waals surface area contributed by atoms with Crippen LogP contribution >= 0.6 is 7.75 Å². The highest BCUT2D eigenvalue weighted by atomic mass is 31.2. The number of hydrogen-bond donors (Lipinski definition) is 4. The number of nitrogens with two attached hydrogens (primary N) is 1. The zero-order chi connectivity index (χ0) is 33.1. The van der Waals surface area contributed by atoms with E-state index in [9.17, 15) is 19.6 Å². The number of nitrogen functional groups attached to an aromatic ring is 1. The molecule has 5 N–H and O–H groups in total. The molecule has 1 saturated heterocycles. The predicted octanol–water partition coefficient (Wildman–Crippen LogP) is 2.78. The molecule has 1 aromatic carbocycles. The number of fused-ring (bicyclic) bond motifs is 1. The highest BCUT2D eigenvalue weighted by Gasteiger charge is 2.66. The van der Waals surface area contributed by atoms with Crippen LogP contribution in [0.2, 0.25) is 0 Å². The lowest BCUT2D eigenvalue weighted by Gasteiger charge is -2.29. The minimum absolute atomic E-state index is 0.0163. The average Bonchev–Trinajstić information content (AvgIpc) is 3.54. The number of hydrogen-bond acceptors (Lipinski definition) is 13. The number of aliphatic hydroxyl groups excluding tert-OH is 1. The number of nitrogens with zero attached hydrogens (tertiary/aromatic N) is 4. The maximum atomic E-state index is 16.5. The van der Waals surface area contributed by atoms with Crippen molar-refractivity contribution in [3.05, 3.63) is 36.7 Å². The van der Waals surface area contributed by atoms with Crippen molar-refractivity contribution in [3.63, 3.8) is 0 Å². The Balaban J connectivity index is 1.39. The third-order valence-corrected chi connectivity index (χ3v) is 9.25. The molecule has 0 radical (unpaired) electrons. The molecular weight excluding hydrogens is 626 g/mol. The number of aliphatic hydroxyl groups is 2. The Labute approximate surface area is 264 Å². The molecule has 5 rings (SSSR count). The van der Waals surface area contributed by atoms with Gasteiger partial charge in [0.1, 0.15) is 24.5 Å². The molecule has 0 spiro atoms. The summed E-state index contributed by atoms with van der Waals surface area (Å²) in [5.74, 6) is -2.14. The molecule has 46 heavy (non-hydrogen) atoms. The number of alkyl halides is 1. The maximum Gasteiger partial charge on any atom is 0.459 e. The number of benzene rings is 1. The van der Waals surface area contributed by atoms with E-state index in [-0.39, 0.29) is 41.5 Å².